The molecule has 0 saturated carbocycles. The highest BCUT2D eigenvalue weighted by Crippen LogP contribution is 2.22. The van der Waals surface area contributed by atoms with Gasteiger partial charge in [-0.05, 0) is 38.1 Å². The number of carboxylic acid groups (broad SMARTS) is 1. The van der Waals surface area contributed by atoms with Gasteiger partial charge in [0.2, 0.25) is 0 Å². The molecule has 0 fully saturated rings. The van der Waals surface area contributed by atoms with Crippen molar-refractivity contribution in [3.05, 3.63) is 46.8 Å². The van der Waals surface area contributed by atoms with Crippen LogP contribution in [0.2, 0.25) is 0 Å². The summed E-state index contributed by atoms with van der Waals surface area (Å²) >= 11 is 0. The Morgan fingerprint density at radius 1 is 1.36 bits per heavy atom. The molecular weight excluding hydrogens is 332 g/mol. The Morgan fingerprint density at radius 2 is 2.00 bits per heavy atom. The number of rotatable bonds is 7. The predicted molar refractivity (Wildman–Crippen MR) is 86.4 cm³/mol. The monoisotopic (exact) mass is 348 g/mol. The van der Waals surface area contributed by atoms with E-state index in [1.54, 1.807) is 26.0 Å². The smallest absolute Gasteiger partial charge is 0.341 e. The molecular formula is C15H16N4O6. The van der Waals surface area contributed by atoms with E-state index >= 15 is 0 Å². The molecule has 10 nitrogen and oxygen atoms in total. The summed E-state index contributed by atoms with van der Waals surface area (Å²) in [5, 5.41) is 25.8. The minimum Gasteiger partial charge on any atom is -0.482 e. The Bertz CT molecular complexity index is 797. The fourth-order valence-corrected chi connectivity index (χ4v) is 1.88. The maximum absolute atomic E-state index is 12.5. The second kappa shape index (κ2) is 6.99. The van der Waals surface area contributed by atoms with Crippen LogP contribution in [0.4, 0.5) is 11.4 Å². The minimum atomic E-state index is -1.16. The summed E-state index contributed by atoms with van der Waals surface area (Å²) in [6.07, 6.45) is 2.26. The van der Waals surface area contributed by atoms with E-state index in [2.05, 4.69) is 10.4 Å². The van der Waals surface area contributed by atoms with Crippen molar-refractivity contribution in [1.82, 2.24) is 9.78 Å². The molecule has 0 aliphatic rings. The topological polar surface area (TPSA) is 137 Å². The van der Waals surface area contributed by atoms with Gasteiger partial charge in [0.25, 0.3) is 5.91 Å². The molecule has 10 heteroatoms. The molecule has 1 aromatic heterocycles. The molecule has 1 aromatic carbocycles. The molecule has 2 aromatic rings. The van der Waals surface area contributed by atoms with Crippen LogP contribution < -0.4 is 10.1 Å². The first kappa shape index (κ1) is 17.9. The normalized spacial score (nSPS) is 11.0. The van der Waals surface area contributed by atoms with E-state index in [0.29, 0.717) is 11.4 Å². The number of carbonyl (C=O) groups excluding carboxylic acids is 1. The lowest BCUT2D eigenvalue weighted by atomic mass is 10.0. The molecule has 0 saturated heterocycles. The van der Waals surface area contributed by atoms with E-state index in [1.807, 2.05) is 0 Å². The SMILES string of the molecule is CC(C)(C(=O)Nc1ccc(OCC(=O)O)cc1)n1cc([N+](=O)[O-])cn1. The van der Waals surface area contributed by atoms with Crippen LogP contribution in [0.15, 0.2) is 36.7 Å². The molecule has 0 aliphatic carbocycles. The zero-order chi connectivity index (χ0) is 18.6. The number of amides is 1. The molecule has 0 atom stereocenters. The lowest BCUT2D eigenvalue weighted by Crippen LogP contribution is -2.40. The summed E-state index contributed by atoms with van der Waals surface area (Å²) in [6, 6.07) is 6.14. The minimum absolute atomic E-state index is 0.208. The molecule has 2 N–H and O–H groups in total. The summed E-state index contributed by atoms with van der Waals surface area (Å²) in [6.45, 7) is 2.68. The van der Waals surface area contributed by atoms with Gasteiger partial charge < -0.3 is 15.2 Å². The maximum atomic E-state index is 12.5. The zero-order valence-corrected chi connectivity index (χ0v) is 13.5. The van der Waals surface area contributed by atoms with Crippen molar-refractivity contribution in [2.45, 2.75) is 19.4 Å². The van der Waals surface area contributed by atoms with Gasteiger partial charge in [-0.2, -0.15) is 5.10 Å². The van der Waals surface area contributed by atoms with Crippen LogP contribution in [0.5, 0.6) is 5.75 Å². The number of hydrogen-bond donors (Lipinski definition) is 2. The number of hydrogen-bond acceptors (Lipinski definition) is 6. The number of anilines is 1. The van der Waals surface area contributed by atoms with E-state index in [4.69, 9.17) is 9.84 Å². The highest BCUT2D eigenvalue weighted by atomic mass is 16.6. The maximum Gasteiger partial charge on any atom is 0.341 e. The largest absolute Gasteiger partial charge is 0.482 e. The molecule has 0 spiro atoms. The molecule has 1 heterocycles. The number of nitrogens with zero attached hydrogens (tertiary/aromatic N) is 3. The van der Waals surface area contributed by atoms with Crippen molar-refractivity contribution in [2.24, 2.45) is 0 Å². The van der Waals surface area contributed by atoms with Crippen molar-refractivity contribution >= 4 is 23.3 Å². The fraction of sp³-hybridized carbons (Fsp3) is 0.267. The van der Waals surface area contributed by atoms with Crippen molar-refractivity contribution in [3.63, 3.8) is 0 Å². The van der Waals surface area contributed by atoms with Gasteiger partial charge in [0.15, 0.2) is 6.61 Å². The first-order chi connectivity index (χ1) is 11.7. The van der Waals surface area contributed by atoms with Gasteiger partial charge in [-0.25, -0.2) is 4.79 Å². The van der Waals surface area contributed by atoms with Crippen molar-refractivity contribution in [3.8, 4) is 5.75 Å². The Kier molecular flexibility index (Phi) is 5.01. The summed E-state index contributed by atoms with van der Waals surface area (Å²) in [5.74, 6) is -1.17. The Morgan fingerprint density at radius 3 is 2.52 bits per heavy atom. The summed E-state index contributed by atoms with van der Waals surface area (Å²) in [4.78, 5) is 33.0. The van der Waals surface area contributed by atoms with Gasteiger partial charge in [0.1, 0.15) is 23.7 Å². The van der Waals surface area contributed by atoms with E-state index in [-0.39, 0.29) is 5.69 Å². The first-order valence-electron chi connectivity index (χ1n) is 7.16. The van der Waals surface area contributed by atoms with E-state index in [0.717, 1.165) is 6.20 Å². The Hall–Kier alpha value is -3.43. The van der Waals surface area contributed by atoms with Gasteiger partial charge in [-0.3, -0.25) is 19.6 Å². The molecule has 1 amide bonds. The number of nitro groups is 1. The quantitative estimate of drug-likeness (QED) is 0.573. The molecule has 0 radical (unpaired) electrons. The van der Waals surface area contributed by atoms with E-state index in [9.17, 15) is 19.7 Å². The lowest BCUT2D eigenvalue weighted by molar-refractivity contribution is -0.385. The van der Waals surface area contributed by atoms with Gasteiger partial charge in [0, 0.05) is 5.69 Å². The standard InChI is InChI=1S/C15H16N4O6/c1-15(2,18-8-11(7-16-18)19(23)24)14(22)17-10-3-5-12(6-4-10)25-9-13(20)21/h3-8H,9H2,1-2H3,(H,17,22)(H,20,21). The average molecular weight is 348 g/mol. The number of ether oxygens (including phenoxy) is 1. The van der Waals surface area contributed by atoms with Crippen LogP contribution in [0.3, 0.4) is 0 Å². The summed E-state index contributed by atoms with van der Waals surface area (Å²) in [7, 11) is 0. The number of nitrogens with one attached hydrogen (secondary N) is 1. The van der Waals surface area contributed by atoms with Gasteiger partial charge >= 0.3 is 11.7 Å². The zero-order valence-electron chi connectivity index (χ0n) is 13.5. The highest BCUT2D eigenvalue weighted by molar-refractivity contribution is 5.96. The predicted octanol–water partition coefficient (Wildman–Crippen LogP) is 1.63. The third kappa shape index (κ3) is 4.31. The van der Waals surface area contributed by atoms with Crippen molar-refractivity contribution < 1.29 is 24.4 Å². The Balaban J connectivity index is 2.06. The van der Waals surface area contributed by atoms with Gasteiger partial charge in [0.05, 0.1) is 4.92 Å². The van der Waals surface area contributed by atoms with Crippen LogP contribution in [0.25, 0.3) is 0 Å². The fourth-order valence-electron chi connectivity index (χ4n) is 1.88. The molecule has 25 heavy (non-hydrogen) atoms. The van der Waals surface area contributed by atoms with Gasteiger partial charge in [-0.1, -0.05) is 0 Å². The second-order valence-corrected chi connectivity index (χ2v) is 5.62. The summed E-state index contributed by atoms with van der Waals surface area (Å²) < 4.78 is 6.21. The van der Waals surface area contributed by atoms with Crippen molar-refractivity contribution in [2.75, 3.05) is 11.9 Å². The number of benzene rings is 1. The number of aromatic nitrogens is 2. The van der Waals surface area contributed by atoms with Crippen LogP contribution in [-0.4, -0.2) is 38.3 Å². The van der Waals surface area contributed by atoms with Crippen LogP contribution in [0, 0.1) is 10.1 Å². The van der Waals surface area contributed by atoms with Gasteiger partial charge in [-0.15, -0.1) is 0 Å². The lowest BCUT2D eigenvalue weighted by Gasteiger charge is -2.23. The van der Waals surface area contributed by atoms with Crippen molar-refractivity contribution in [1.29, 1.82) is 0 Å². The highest BCUT2D eigenvalue weighted by Gasteiger charge is 2.32. The summed E-state index contributed by atoms with van der Waals surface area (Å²) in [5.41, 5.74) is -0.907. The molecule has 0 aliphatic heterocycles. The average Bonchev–Trinajstić information content (AvgIpc) is 3.05. The number of carboxylic acids is 1. The number of carbonyl (C=O) groups is 2. The molecule has 0 bridgehead atoms. The number of aliphatic carboxylic acids is 1. The van der Waals surface area contributed by atoms with E-state index in [1.165, 1.54) is 23.0 Å². The first-order valence-corrected chi connectivity index (χ1v) is 7.16. The third-order valence-corrected chi connectivity index (χ3v) is 3.38. The van der Waals surface area contributed by atoms with E-state index < -0.39 is 28.9 Å². The third-order valence-electron chi connectivity index (χ3n) is 3.38. The Labute approximate surface area is 142 Å². The van der Waals surface area contributed by atoms with Crippen LogP contribution >= 0.6 is 0 Å². The molecule has 2 rings (SSSR count). The molecule has 0 unspecified atom stereocenters. The molecule has 132 valence electrons. The van der Waals surface area contributed by atoms with Crippen LogP contribution in [0.1, 0.15) is 13.8 Å². The van der Waals surface area contributed by atoms with Crippen LogP contribution in [-0.2, 0) is 15.1 Å². The second-order valence-electron chi connectivity index (χ2n) is 5.62.